The number of carbonyl (C=O) groups excluding carboxylic acids is 2. The highest BCUT2D eigenvalue weighted by atomic mass is 16.6. The Labute approximate surface area is 370 Å². The predicted molar refractivity (Wildman–Crippen MR) is 260 cm³/mol. The topological polar surface area (TPSA) is 72.8 Å². The van der Waals surface area contributed by atoms with Gasteiger partial charge in [-0.25, -0.2) is 0 Å². The molecule has 5 nitrogen and oxygen atoms in total. The Bertz CT molecular complexity index is 1210. The number of allylic oxidation sites excluding steroid dienone is 18. The van der Waals surface area contributed by atoms with Crippen molar-refractivity contribution in [3.05, 3.63) is 109 Å². The SMILES string of the molecule is CC/C=C\C/C=C\C/C=C\C/C=C\C/C=C\C/C=C\C/C=C\CCCCCC(=O)OC(CO)COC(=O)CCCCCCCCCCC/C=C\C/C=C\CCCCCCC. The lowest BCUT2D eigenvalue weighted by Gasteiger charge is -2.15. The molecule has 0 aliphatic rings. The van der Waals surface area contributed by atoms with Gasteiger partial charge in [-0.2, -0.15) is 0 Å². The highest BCUT2D eigenvalue weighted by Gasteiger charge is 2.16. The summed E-state index contributed by atoms with van der Waals surface area (Å²) in [6.45, 7) is 3.98. The lowest BCUT2D eigenvalue weighted by atomic mass is 10.1. The fourth-order valence-electron chi connectivity index (χ4n) is 6.39. The van der Waals surface area contributed by atoms with E-state index in [9.17, 15) is 14.7 Å². The van der Waals surface area contributed by atoms with Gasteiger partial charge >= 0.3 is 11.9 Å². The van der Waals surface area contributed by atoms with E-state index >= 15 is 0 Å². The highest BCUT2D eigenvalue weighted by molar-refractivity contribution is 5.70. The average Bonchev–Trinajstić information content (AvgIpc) is 3.25. The van der Waals surface area contributed by atoms with Crippen LogP contribution in [-0.4, -0.2) is 36.4 Å². The number of ether oxygens (including phenoxy) is 2. The molecular formula is C55H90O5. The summed E-state index contributed by atoms with van der Waals surface area (Å²) in [7, 11) is 0. The van der Waals surface area contributed by atoms with E-state index in [1.807, 2.05) is 0 Å². The van der Waals surface area contributed by atoms with Crippen molar-refractivity contribution in [1.82, 2.24) is 0 Å². The molecule has 0 bridgehead atoms. The van der Waals surface area contributed by atoms with Gasteiger partial charge in [0.2, 0.25) is 0 Å². The number of unbranched alkanes of at least 4 members (excludes halogenated alkanes) is 17. The summed E-state index contributed by atoms with van der Waals surface area (Å²) in [5.74, 6) is -0.640. The zero-order valence-corrected chi connectivity index (χ0v) is 38.7. The highest BCUT2D eigenvalue weighted by Crippen LogP contribution is 2.13. The molecule has 0 fully saturated rings. The van der Waals surface area contributed by atoms with Gasteiger partial charge in [0.25, 0.3) is 0 Å². The second-order valence-electron chi connectivity index (χ2n) is 15.8. The van der Waals surface area contributed by atoms with Crippen molar-refractivity contribution < 1.29 is 24.2 Å². The smallest absolute Gasteiger partial charge is 0.306 e. The van der Waals surface area contributed by atoms with E-state index in [0.717, 1.165) is 96.3 Å². The van der Waals surface area contributed by atoms with Gasteiger partial charge in [-0.3, -0.25) is 9.59 Å². The maximum Gasteiger partial charge on any atom is 0.306 e. The van der Waals surface area contributed by atoms with Crippen LogP contribution in [0.25, 0.3) is 0 Å². The quantitative estimate of drug-likeness (QED) is 0.0376. The van der Waals surface area contributed by atoms with Crippen LogP contribution in [0.1, 0.15) is 206 Å². The molecule has 0 rings (SSSR count). The van der Waals surface area contributed by atoms with Crippen LogP contribution in [0.3, 0.4) is 0 Å². The minimum absolute atomic E-state index is 0.0886. The van der Waals surface area contributed by atoms with Crippen molar-refractivity contribution in [2.45, 2.75) is 213 Å². The summed E-state index contributed by atoms with van der Waals surface area (Å²) in [6.07, 6.45) is 71.7. The van der Waals surface area contributed by atoms with E-state index in [4.69, 9.17) is 9.47 Å². The summed E-state index contributed by atoms with van der Waals surface area (Å²) in [5, 5.41) is 9.61. The summed E-state index contributed by atoms with van der Waals surface area (Å²) in [6, 6.07) is 0. The van der Waals surface area contributed by atoms with Gasteiger partial charge in [-0.1, -0.05) is 200 Å². The first-order valence-corrected chi connectivity index (χ1v) is 24.4. The Morgan fingerprint density at radius 3 is 1.10 bits per heavy atom. The van der Waals surface area contributed by atoms with Crippen LogP contribution in [0.4, 0.5) is 0 Å². The fraction of sp³-hybridized carbons (Fsp3) is 0.636. The average molecular weight is 831 g/mol. The van der Waals surface area contributed by atoms with Gasteiger partial charge in [0.05, 0.1) is 6.61 Å². The van der Waals surface area contributed by atoms with E-state index in [-0.39, 0.29) is 25.2 Å². The molecule has 1 unspecified atom stereocenters. The molecule has 0 aromatic carbocycles. The lowest BCUT2D eigenvalue weighted by Crippen LogP contribution is -2.28. The molecule has 0 saturated heterocycles. The van der Waals surface area contributed by atoms with Gasteiger partial charge in [0, 0.05) is 12.8 Å². The molecule has 0 radical (unpaired) electrons. The van der Waals surface area contributed by atoms with Crippen LogP contribution in [-0.2, 0) is 19.1 Å². The van der Waals surface area contributed by atoms with E-state index in [1.54, 1.807) is 0 Å². The molecule has 0 aromatic heterocycles. The molecule has 0 saturated carbocycles. The van der Waals surface area contributed by atoms with Crippen molar-refractivity contribution >= 4 is 11.9 Å². The normalized spacial score (nSPS) is 13.2. The molecule has 60 heavy (non-hydrogen) atoms. The first-order valence-electron chi connectivity index (χ1n) is 24.4. The number of aliphatic hydroxyl groups excluding tert-OH is 1. The second kappa shape index (κ2) is 49.9. The van der Waals surface area contributed by atoms with Crippen molar-refractivity contribution in [3.63, 3.8) is 0 Å². The van der Waals surface area contributed by atoms with Gasteiger partial charge in [0.15, 0.2) is 6.10 Å². The number of hydrogen-bond donors (Lipinski definition) is 1. The molecule has 0 amide bonds. The van der Waals surface area contributed by atoms with Crippen LogP contribution in [0.15, 0.2) is 109 Å². The summed E-state index contributed by atoms with van der Waals surface area (Å²) in [5.41, 5.74) is 0. The maximum atomic E-state index is 12.2. The second-order valence-corrected chi connectivity index (χ2v) is 15.8. The number of aliphatic hydroxyl groups is 1. The third-order valence-corrected chi connectivity index (χ3v) is 10.1. The standard InChI is InChI=1S/C55H90O5/c1-3-5-7-9-11-13-15-17-19-21-23-25-26-27-28-30-32-34-36-38-40-42-44-46-48-50-55(58)60-53(51-56)52-59-54(57)49-47-45-43-41-39-37-35-33-31-29-24-22-20-18-16-14-12-10-8-6-4-2/h5,7,11,13,16-19,22-25,27-28,32,34,38,40,53,56H,3-4,6,8-10,12,14-15,20-21,26,29-31,33,35-37,39,41-52H2,1-2H3/b7-5-,13-11-,18-16-,19-17-,24-22-,25-23-,28-27-,34-32-,40-38-. The van der Waals surface area contributed by atoms with Crippen molar-refractivity contribution in [1.29, 1.82) is 0 Å². The van der Waals surface area contributed by atoms with Crippen molar-refractivity contribution in [2.75, 3.05) is 13.2 Å². The first kappa shape index (κ1) is 56.6. The Hall–Kier alpha value is -3.44. The number of hydrogen-bond acceptors (Lipinski definition) is 5. The number of rotatable bonds is 43. The number of carbonyl (C=O) groups is 2. The van der Waals surface area contributed by atoms with Crippen molar-refractivity contribution in [3.8, 4) is 0 Å². The monoisotopic (exact) mass is 831 g/mol. The predicted octanol–water partition coefficient (Wildman–Crippen LogP) is 16.2. The lowest BCUT2D eigenvalue weighted by molar-refractivity contribution is -0.161. The molecule has 0 aromatic rings. The summed E-state index contributed by atoms with van der Waals surface area (Å²) < 4.78 is 10.6. The third kappa shape index (κ3) is 47.2. The van der Waals surface area contributed by atoms with Crippen LogP contribution in [0, 0.1) is 0 Å². The van der Waals surface area contributed by atoms with Gasteiger partial charge in [-0.15, -0.1) is 0 Å². The van der Waals surface area contributed by atoms with E-state index in [1.165, 1.54) is 83.5 Å². The van der Waals surface area contributed by atoms with E-state index in [2.05, 4.69) is 123 Å². The molecule has 0 spiro atoms. The van der Waals surface area contributed by atoms with Crippen LogP contribution in [0.5, 0.6) is 0 Å². The Morgan fingerprint density at radius 2 is 0.717 bits per heavy atom. The largest absolute Gasteiger partial charge is 0.462 e. The first-order chi connectivity index (χ1) is 29.6. The summed E-state index contributed by atoms with van der Waals surface area (Å²) >= 11 is 0. The zero-order chi connectivity index (χ0) is 43.5. The van der Waals surface area contributed by atoms with Crippen LogP contribution >= 0.6 is 0 Å². The molecule has 0 aliphatic carbocycles. The fourth-order valence-corrected chi connectivity index (χ4v) is 6.39. The molecule has 1 atom stereocenters. The Morgan fingerprint density at radius 1 is 0.400 bits per heavy atom. The van der Waals surface area contributed by atoms with Crippen LogP contribution in [0.2, 0.25) is 0 Å². The zero-order valence-electron chi connectivity index (χ0n) is 38.7. The van der Waals surface area contributed by atoms with Gasteiger partial charge in [-0.05, 0) is 103 Å². The minimum atomic E-state index is -0.800. The number of esters is 2. The summed E-state index contributed by atoms with van der Waals surface area (Å²) in [4.78, 5) is 24.4. The minimum Gasteiger partial charge on any atom is -0.462 e. The molecule has 0 heterocycles. The molecule has 5 heteroatoms. The van der Waals surface area contributed by atoms with Crippen molar-refractivity contribution in [2.24, 2.45) is 0 Å². The van der Waals surface area contributed by atoms with Gasteiger partial charge in [0.1, 0.15) is 6.61 Å². The third-order valence-electron chi connectivity index (χ3n) is 10.1. The molecule has 1 N–H and O–H groups in total. The molecular weight excluding hydrogens is 741 g/mol. The van der Waals surface area contributed by atoms with Gasteiger partial charge < -0.3 is 14.6 Å². The van der Waals surface area contributed by atoms with E-state index in [0.29, 0.717) is 12.8 Å². The Kier molecular flexibility index (Phi) is 47.1. The van der Waals surface area contributed by atoms with Crippen LogP contribution < -0.4 is 0 Å². The Balaban J connectivity index is 3.65. The maximum absolute atomic E-state index is 12.2. The molecule has 0 aliphatic heterocycles. The van der Waals surface area contributed by atoms with E-state index < -0.39 is 6.10 Å². The molecule has 340 valence electrons.